The molecule has 0 aliphatic heterocycles. The molecule has 2 heterocycles. The molecule has 2 rings (SSSR count). The maximum atomic E-state index is 4.50. The molecule has 0 spiro atoms. The summed E-state index contributed by atoms with van der Waals surface area (Å²) in [6.07, 6.45) is 3.59. The fourth-order valence-corrected chi connectivity index (χ4v) is 1.52. The van der Waals surface area contributed by atoms with Crippen molar-refractivity contribution in [1.82, 2.24) is 9.97 Å². The van der Waals surface area contributed by atoms with E-state index < -0.39 is 0 Å². The molecule has 0 saturated carbocycles. The Morgan fingerprint density at radius 2 is 2.07 bits per heavy atom. The third-order valence-corrected chi connectivity index (χ3v) is 3.12. The molecule has 0 radical (unpaired) electrons. The van der Waals surface area contributed by atoms with E-state index in [0.29, 0.717) is 0 Å². The van der Waals surface area contributed by atoms with E-state index in [1.165, 1.54) is 3.57 Å². The summed E-state index contributed by atoms with van der Waals surface area (Å²) in [7, 11) is 0. The van der Waals surface area contributed by atoms with Crippen molar-refractivity contribution in [3.05, 3.63) is 45.9 Å². The van der Waals surface area contributed by atoms with Crippen LogP contribution in [0.5, 0.6) is 0 Å². The van der Waals surface area contributed by atoms with Gasteiger partial charge in [0.1, 0.15) is 0 Å². The molecular weight excluding hydrogens is 287 g/mol. The highest BCUT2D eigenvalue weighted by atomic mass is 127. The van der Waals surface area contributed by atoms with Gasteiger partial charge in [0.25, 0.3) is 0 Å². The molecule has 0 amide bonds. The SMILES string of the molecule is Cc1nc(-c2cccnc2)ccc1I. The van der Waals surface area contributed by atoms with Crippen molar-refractivity contribution >= 4 is 22.6 Å². The zero-order chi connectivity index (χ0) is 9.97. The highest BCUT2D eigenvalue weighted by molar-refractivity contribution is 14.1. The zero-order valence-electron chi connectivity index (χ0n) is 7.74. The Kier molecular flexibility index (Phi) is 2.77. The smallest absolute Gasteiger partial charge is 0.0721 e. The number of rotatable bonds is 1. The van der Waals surface area contributed by atoms with Gasteiger partial charge in [0, 0.05) is 21.5 Å². The Morgan fingerprint density at radius 1 is 1.21 bits per heavy atom. The summed E-state index contributed by atoms with van der Waals surface area (Å²) in [6, 6.07) is 8.03. The molecule has 0 aromatic carbocycles. The number of aromatic nitrogens is 2. The van der Waals surface area contributed by atoms with Crippen molar-refractivity contribution < 1.29 is 0 Å². The van der Waals surface area contributed by atoms with Gasteiger partial charge in [-0.15, -0.1) is 0 Å². The van der Waals surface area contributed by atoms with Gasteiger partial charge in [-0.05, 0) is 53.8 Å². The Balaban J connectivity index is 2.48. The van der Waals surface area contributed by atoms with Gasteiger partial charge in [-0.1, -0.05) is 0 Å². The predicted molar refractivity (Wildman–Crippen MR) is 64.9 cm³/mol. The van der Waals surface area contributed by atoms with Crippen LogP contribution in [0.1, 0.15) is 5.69 Å². The van der Waals surface area contributed by atoms with Gasteiger partial charge in [0.2, 0.25) is 0 Å². The molecule has 0 aliphatic carbocycles. The second-order valence-electron chi connectivity index (χ2n) is 3.01. The van der Waals surface area contributed by atoms with Crippen LogP contribution >= 0.6 is 22.6 Å². The fraction of sp³-hybridized carbons (Fsp3) is 0.0909. The third-order valence-electron chi connectivity index (χ3n) is 1.98. The lowest BCUT2D eigenvalue weighted by Crippen LogP contribution is -1.89. The molecule has 0 aliphatic rings. The number of halogens is 1. The van der Waals surface area contributed by atoms with E-state index in [9.17, 15) is 0 Å². The van der Waals surface area contributed by atoms with Gasteiger partial charge in [-0.3, -0.25) is 9.97 Å². The second kappa shape index (κ2) is 4.04. The molecule has 2 aromatic heterocycles. The topological polar surface area (TPSA) is 25.8 Å². The number of hydrogen-bond acceptors (Lipinski definition) is 2. The first-order valence-corrected chi connectivity index (χ1v) is 5.39. The highest BCUT2D eigenvalue weighted by Crippen LogP contribution is 2.18. The summed E-state index contributed by atoms with van der Waals surface area (Å²) in [6.45, 7) is 2.02. The van der Waals surface area contributed by atoms with Gasteiger partial charge in [0.15, 0.2) is 0 Å². The first kappa shape index (κ1) is 9.58. The van der Waals surface area contributed by atoms with E-state index in [4.69, 9.17) is 0 Å². The van der Waals surface area contributed by atoms with Crippen molar-refractivity contribution in [3.63, 3.8) is 0 Å². The molecule has 0 N–H and O–H groups in total. The standard InChI is InChI=1S/C11H9IN2/c1-8-10(12)4-5-11(14-8)9-3-2-6-13-7-9/h2-7H,1H3. The molecule has 14 heavy (non-hydrogen) atoms. The van der Waals surface area contributed by atoms with Crippen LogP contribution in [-0.2, 0) is 0 Å². The lowest BCUT2D eigenvalue weighted by atomic mass is 10.2. The molecular formula is C11H9IN2. The van der Waals surface area contributed by atoms with Crippen LogP contribution in [0.2, 0.25) is 0 Å². The van der Waals surface area contributed by atoms with Crippen molar-refractivity contribution in [1.29, 1.82) is 0 Å². The van der Waals surface area contributed by atoms with Crippen molar-refractivity contribution in [3.8, 4) is 11.3 Å². The largest absolute Gasteiger partial charge is 0.264 e. The Morgan fingerprint density at radius 3 is 2.71 bits per heavy atom. The molecule has 0 fully saturated rings. The van der Waals surface area contributed by atoms with Crippen LogP contribution < -0.4 is 0 Å². The average molecular weight is 296 g/mol. The van der Waals surface area contributed by atoms with Crippen molar-refractivity contribution in [2.75, 3.05) is 0 Å². The van der Waals surface area contributed by atoms with Gasteiger partial charge in [-0.2, -0.15) is 0 Å². The van der Waals surface area contributed by atoms with E-state index in [1.807, 2.05) is 31.3 Å². The van der Waals surface area contributed by atoms with Crippen LogP contribution in [0.4, 0.5) is 0 Å². The van der Waals surface area contributed by atoms with Crippen LogP contribution in [-0.4, -0.2) is 9.97 Å². The minimum absolute atomic E-state index is 0.982. The number of nitrogens with zero attached hydrogens (tertiary/aromatic N) is 2. The summed E-state index contributed by atoms with van der Waals surface area (Å²) in [5.41, 5.74) is 3.11. The van der Waals surface area contributed by atoms with E-state index in [2.05, 4.69) is 38.6 Å². The lowest BCUT2D eigenvalue weighted by Gasteiger charge is -2.02. The third kappa shape index (κ3) is 1.92. The first-order chi connectivity index (χ1) is 6.77. The monoisotopic (exact) mass is 296 g/mol. The van der Waals surface area contributed by atoms with Crippen LogP contribution in [0.25, 0.3) is 11.3 Å². The first-order valence-electron chi connectivity index (χ1n) is 4.31. The molecule has 2 nitrogen and oxygen atoms in total. The molecule has 3 heteroatoms. The second-order valence-corrected chi connectivity index (χ2v) is 4.17. The van der Waals surface area contributed by atoms with Crippen LogP contribution in [0, 0.1) is 10.5 Å². The number of aryl methyl sites for hydroxylation is 1. The summed E-state index contributed by atoms with van der Waals surface area (Å²) in [4.78, 5) is 8.57. The quantitative estimate of drug-likeness (QED) is 0.756. The summed E-state index contributed by atoms with van der Waals surface area (Å²) < 4.78 is 1.19. The minimum Gasteiger partial charge on any atom is -0.264 e. The van der Waals surface area contributed by atoms with Gasteiger partial charge in [-0.25, -0.2) is 0 Å². The van der Waals surface area contributed by atoms with Crippen molar-refractivity contribution in [2.24, 2.45) is 0 Å². The zero-order valence-corrected chi connectivity index (χ0v) is 9.89. The minimum atomic E-state index is 0.982. The Hall–Kier alpha value is -0.970. The molecule has 0 bridgehead atoms. The highest BCUT2D eigenvalue weighted by Gasteiger charge is 2.01. The molecule has 70 valence electrons. The van der Waals surface area contributed by atoms with Crippen LogP contribution in [0.3, 0.4) is 0 Å². The van der Waals surface area contributed by atoms with E-state index in [1.54, 1.807) is 6.20 Å². The summed E-state index contributed by atoms with van der Waals surface area (Å²) >= 11 is 2.28. The van der Waals surface area contributed by atoms with E-state index in [-0.39, 0.29) is 0 Å². The maximum Gasteiger partial charge on any atom is 0.0721 e. The van der Waals surface area contributed by atoms with E-state index >= 15 is 0 Å². The Bertz CT molecular complexity index is 440. The van der Waals surface area contributed by atoms with Crippen molar-refractivity contribution in [2.45, 2.75) is 6.92 Å². The molecule has 0 atom stereocenters. The summed E-state index contributed by atoms with van der Waals surface area (Å²) in [5.74, 6) is 0. The van der Waals surface area contributed by atoms with Gasteiger partial charge >= 0.3 is 0 Å². The molecule has 0 unspecified atom stereocenters. The average Bonchev–Trinajstić information content (AvgIpc) is 2.23. The van der Waals surface area contributed by atoms with Gasteiger partial charge < -0.3 is 0 Å². The summed E-state index contributed by atoms with van der Waals surface area (Å²) in [5, 5.41) is 0. The number of pyridine rings is 2. The maximum absolute atomic E-state index is 4.50. The Labute approximate surface area is 96.6 Å². The van der Waals surface area contributed by atoms with Gasteiger partial charge in [0.05, 0.1) is 11.4 Å². The fourth-order valence-electron chi connectivity index (χ4n) is 1.22. The normalized spacial score (nSPS) is 10.1. The molecule has 2 aromatic rings. The predicted octanol–water partition coefficient (Wildman–Crippen LogP) is 3.06. The number of hydrogen-bond donors (Lipinski definition) is 0. The van der Waals surface area contributed by atoms with E-state index in [0.717, 1.165) is 17.0 Å². The lowest BCUT2D eigenvalue weighted by molar-refractivity contribution is 1.18. The van der Waals surface area contributed by atoms with Crippen LogP contribution in [0.15, 0.2) is 36.7 Å². The molecule has 0 saturated heterocycles.